The van der Waals surface area contributed by atoms with Crippen LogP contribution in [-0.4, -0.2) is 19.7 Å². The summed E-state index contributed by atoms with van der Waals surface area (Å²) in [5.74, 6) is 0.886. The van der Waals surface area contributed by atoms with Crippen LogP contribution in [0.1, 0.15) is 17.7 Å². The molecule has 0 unspecified atom stereocenters. The second kappa shape index (κ2) is 8.51. The standard InChI is InChI=1S/C16H21NO2/c1-2-6-15(7-3-1)9-11-17-10-5-12-18-14-16-8-4-13-19-16/h1-4,6-8,13,17H,5,9-12,14H2. The molecule has 1 aromatic heterocycles. The molecule has 2 aromatic rings. The SMILES string of the molecule is c1ccc(CCNCCCOCc2ccco2)cc1. The Morgan fingerprint density at radius 3 is 2.68 bits per heavy atom. The minimum atomic E-state index is 0.566. The molecule has 0 radical (unpaired) electrons. The topological polar surface area (TPSA) is 34.4 Å². The summed E-state index contributed by atoms with van der Waals surface area (Å²) in [5.41, 5.74) is 1.38. The summed E-state index contributed by atoms with van der Waals surface area (Å²) in [5, 5.41) is 3.42. The molecular weight excluding hydrogens is 238 g/mol. The zero-order valence-corrected chi connectivity index (χ0v) is 11.2. The quantitative estimate of drug-likeness (QED) is 0.703. The van der Waals surface area contributed by atoms with Gasteiger partial charge in [0.15, 0.2) is 0 Å². The van der Waals surface area contributed by atoms with Crippen LogP contribution in [-0.2, 0) is 17.8 Å². The van der Waals surface area contributed by atoms with E-state index in [2.05, 4.69) is 29.6 Å². The molecule has 0 bridgehead atoms. The van der Waals surface area contributed by atoms with Crippen LogP contribution < -0.4 is 5.32 Å². The number of furan rings is 1. The maximum Gasteiger partial charge on any atom is 0.129 e. The zero-order chi connectivity index (χ0) is 13.2. The van der Waals surface area contributed by atoms with Gasteiger partial charge in [-0.2, -0.15) is 0 Å². The predicted octanol–water partition coefficient (Wildman–Crippen LogP) is 3.02. The Kier molecular flexibility index (Phi) is 6.20. The van der Waals surface area contributed by atoms with Gasteiger partial charge in [-0.1, -0.05) is 30.3 Å². The van der Waals surface area contributed by atoms with Crippen molar-refractivity contribution in [2.24, 2.45) is 0 Å². The first-order chi connectivity index (χ1) is 9.45. The van der Waals surface area contributed by atoms with E-state index in [1.807, 2.05) is 18.2 Å². The lowest BCUT2D eigenvalue weighted by atomic mass is 10.1. The molecule has 2 rings (SSSR count). The molecule has 1 heterocycles. The molecule has 1 aromatic carbocycles. The highest BCUT2D eigenvalue weighted by atomic mass is 16.5. The number of hydrogen-bond acceptors (Lipinski definition) is 3. The van der Waals surface area contributed by atoms with Gasteiger partial charge in [0.25, 0.3) is 0 Å². The van der Waals surface area contributed by atoms with Gasteiger partial charge in [0.2, 0.25) is 0 Å². The van der Waals surface area contributed by atoms with Crippen molar-refractivity contribution in [1.82, 2.24) is 5.32 Å². The third-order valence-electron chi connectivity index (χ3n) is 2.90. The van der Waals surface area contributed by atoms with Crippen LogP contribution in [0.2, 0.25) is 0 Å². The largest absolute Gasteiger partial charge is 0.467 e. The van der Waals surface area contributed by atoms with Crippen LogP contribution in [0.3, 0.4) is 0 Å². The first kappa shape index (κ1) is 13.8. The number of ether oxygens (including phenoxy) is 1. The molecule has 0 aliphatic heterocycles. The maximum atomic E-state index is 5.51. The maximum absolute atomic E-state index is 5.51. The van der Waals surface area contributed by atoms with E-state index in [-0.39, 0.29) is 0 Å². The molecule has 0 atom stereocenters. The molecule has 0 aliphatic rings. The lowest BCUT2D eigenvalue weighted by Gasteiger charge is -2.05. The van der Waals surface area contributed by atoms with Crippen molar-refractivity contribution < 1.29 is 9.15 Å². The van der Waals surface area contributed by atoms with Crippen molar-refractivity contribution in [2.75, 3.05) is 19.7 Å². The second-order valence-corrected chi connectivity index (χ2v) is 4.47. The van der Waals surface area contributed by atoms with E-state index >= 15 is 0 Å². The van der Waals surface area contributed by atoms with Gasteiger partial charge in [-0.25, -0.2) is 0 Å². The van der Waals surface area contributed by atoms with Crippen LogP contribution >= 0.6 is 0 Å². The van der Waals surface area contributed by atoms with Gasteiger partial charge in [0.05, 0.1) is 6.26 Å². The molecule has 19 heavy (non-hydrogen) atoms. The van der Waals surface area contributed by atoms with Gasteiger partial charge in [-0.3, -0.25) is 0 Å². The van der Waals surface area contributed by atoms with Gasteiger partial charge in [-0.05, 0) is 43.6 Å². The molecule has 3 heteroatoms. The predicted molar refractivity (Wildman–Crippen MR) is 76.0 cm³/mol. The van der Waals surface area contributed by atoms with Crippen molar-refractivity contribution in [3.63, 3.8) is 0 Å². The molecule has 0 spiro atoms. The van der Waals surface area contributed by atoms with Crippen molar-refractivity contribution in [2.45, 2.75) is 19.4 Å². The van der Waals surface area contributed by atoms with E-state index in [0.717, 1.165) is 38.3 Å². The molecule has 3 nitrogen and oxygen atoms in total. The van der Waals surface area contributed by atoms with Crippen LogP contribution in [0.25, 0.3) is 0 Å². The first-order valence-electron chi connectivity index (χ1n) is 6.80. The summed E-state index contributed by atoms with van der Waals surface area (Å²) in [4.78, 5) is 0. The fourth-order valence-electron chi connectivity index (χ4n) is 1.87. The number of rotatable bonds is 9. The summed E-state index contributed by atoms with van der Waals surface area (Å²) >= 11 is 0. The Bertz CT molecular complexity index is 425. The lowest BCUT2D eigenvalue weighted by Crippen LogP contribution is -2.19. The van der Waals surface area contributed by atoms with Gasteiger partial charge >= 0.3 is 0 Å². The van der Waals surface area contributed by atoms with Gasteiger partial charge < -0.3 is 14.5 Å². The molecule has 0 fully saturated rings. The van der Waals surface area contributed by atoms with E-state index in [4.69, 9.17) is 9.15 Å². The van der Waals surface area contributed by atoms with Crippen LogP contribution in [0.4, 0.5) is 0 Å². The van der Waals surface area contributed by atoms with E-state index in [1.165, 1.54) is 5.56 Å². The van der Waals surface area contributed by atoms with Crippen molar-refractivity contribution in [3.05, 3.63) is 60.1 Å². The van der Waals surface area contributed by atoms with Crippen molar-refractivity contribution in [3.8, 4) is 0 Å². The zero-order valence-electron chi connectivity index (χ0n) is 11.2. The van der Waals surface area contributed by atoms with Gasteiger partial charge in [0.1, 0.15) is 12.4 Å². The minimum absolute atomic E-state index is 0.566. The third kappa shape index (κ3) is 5.73. The Labute approximate surface area is 114 Å². The van der Waals surface area contributed by atoms with Crippen LogP contribution in [0, 0.1) is 0 Å². The fourth-order valence-corrected chi connectivity index (χ4v) is 1.87. The highest BCUT2D eigenvalue weighted by Gasteiger charge is 1.95. The average Bonchev–Trinajstić information content (AvgIpc) is 2.96. The smallest absolute Gasteiger partial charge is 0.129 e. The van der Waals surface area contributed by atoms with E-state index in [9.17, 15) is 0 Å². The molecule has 1 N–H and O–H groups in total. The highest BCUT2D eigenvalue weighted by Crippen LogP contribution is 2.01. The summed E-state index contributed by atoms with van der Waals surface area (Å²) in [7, 11) is 0. The molecule has 102 valence electrons. The molecule has 0 amide bonds. The average molecular weight is 259 g/mol. The summed E-state index contributed by atoms with van der Waals surface area (Å²) < 4.78 is 10.7. The fraction of sp³-hybridized carbons (Fsp3) is 0.375. The number of nitrogens with one attached hydrogen (secondary N) is 1. The van der Waals surface area contributed by atoms with Crippen molar-refractivity contribution in [1.29, 1.82) is 0 Å². The van der Waals surface area contributed by atoms with E-state index < -0.39 is 0 Å². The van der Waals surface area contributed by atoms with Gasteiger partial charge in [-0.15, -0.1) is 0 Å². The Balaban J connectivity index is 1.42. The normalized spacial score (nSPS) is 10.7. The summed E-state index contributed by atoms with van der Waals surface area (Å²) in [6.45, 7) is 3.34. The highest BCUT2D eigenvalue weighted by molar-refractivity contribution is 5.14. The minimum Gasteiger partial charge on any atom is -0.467 e. The lowest BCUT2D eigenvalue weighted by molar-refractivity contribution is 0.104. The number of benzene rings is 1. The van der Waals surface area contributed by atoms with Crippen molar-refractivity contribution >= 4 is 0 Å². The molecule has 0 saturated carbocycles. The first-order valence-corrected chi connectivity index (χ1v) is 6.80. The third-order valence-corrected chi connectivity index (χ3v) is 2.90. The Morgan fingerprint density at radius 1 is 1.00 bits per heavy atom. The molecule has 0 saturated heterocycles. The van der Waals surface area contributed by atoms with Crippen LogP contribution in [0.5, 0.6) is 0 Å². The molecule has 0 aliphatic carbocycles. The molecular formula is C16H21NO2. The summed E-state index contributed by atoms with van der Waals surface area (Å²) in [6.07, 6.45) is 3.77. The number of hydrogen-bond donors (Lipinski definition) is 1. The van der Waals surface area contributed by atoms with Crippen LogP contribution in [0.15, 0.2) is 53.1 Å². The Morgan fingerprint density at radius 2 is 1.89 bits per heavy atom. The second-order valence-electron chi connectivity index (χ2n) is 4.47. The summed E-state index contributed by atoms with van der Waals surface area (Å²) in [6, 6.07) is 14.3. The Hall–Kier alpha value is -1.58. The van der Waals surface area contributed by atoms with E-state index in [1.54, 1.807) is 6.26 Å². The van der Waals surface area contributed by atoms with Gasteiger partial charge in [0, 0.05) is 6.61 Å². The van der Waals surface area contributed by atoms with E-state index in [0.29, 0.717) is 6.61 Å². The monoisotopic (exact) mass is 259 g/mol.